The van der Waals surface area contributed by atoms with Crippen LogP contribution in [-0.2, 0) is 14.3 Å². The molecule has 0 aliphatic rings. The zero-order valence-corrected chi connectivity index (χ0v) is 9.39. The van der Waals surface area contributed by atoms with Crippen LogP contribution >= 0.6 is 0 Å². The molecule has 0 aliphatic heterocycles. The summed E-state index contributed by atoms with van der Waals surface area (Å²) in [7, 11) is 1.03. The van der Waals surface area contributed by atoms with Gasteiger partial charge < -0.3 is 14.8 Å². The van der Waals surface area contributed by atoms with Crippen molar-refractivity contribution in [3.63, 3.8) is 0 Å². The van der Waals surface area contributed by atoms with Gasteiger partial charge in [0.15, 0.2) is 6.61 Å². The Morgan fingerprint density at radius 2 is 2.11 bits per heavy atom. The predicted octanol–water partition coefficient (Wildman–Crippen LogP) is -0.0494. The SMILES string of the molecule is O=C[B]NCC(=O)OCC(=O)c1ccccc1F. The molecule has 0 heterocycles. The number of ether oxygens (including phenoxy) is 1. The van der Waals surface area contributed by atoms with E-state index in [1.807, 2.05) is 0 Å². The maximum absolute atomic E-state index is 13.2. The third-order valence-corrected chi connectivity index (χ3v) is 1.97. The van der Waals surface area contributed by atoms with Gasteiger partial charge in [-0.3, -0.25) is 9.59 Å². The van der Waals surface area contributed by atoms with Gasteiger partial charge in [0.25, 0.3) is 7.41 Å². The van der Waals surface area contributed by atoms with Gasteiger partial charge in [0.2, 0.25) is 5.78 Å². The summed E-state index contributed by atoms with van der Waals surface area (Å²) in [5.74, 6) is -2.00. The fourth-order valence-electron chi connectivity index (χ4n) is 1.15. The summed E-state index contributed by atoms with van der Waals surface area (Å²) < 4.78 is 17.8. The van der Waals surface area contributed by atoms with E-state index >= 15 is 0 Å². The minimum Gasteiger partial charge on any atom is -0.456 e. The predicted molar refractivity (Wildman–Crippen MR) is 62.2 cm³/mol. The van der Waals surface area contributed by atoms with Gasteiger partial charge in [-0.2, -0.15) is 0 Å². The van der Waals surface area contributed by atoms with Crippen molar-refractivity contribution < 1.29 is 23.5 Å². The van der Waals surface area contributed by atoms with E-state index in [9.17, 15) is 18.8 Å². The molecule has 1 N–H and O–H groups in total. The normalized spacial score (nSPS) is 9.61. The number of carbonyl (C=O) groups excluding carboxylic acids is 3. The lowest BCUT2D eigenvalue weighted by molar-refractivity contribution is -0.141. The van der Waals surface area contributed by atoms with Crippen LogP contribution in [0.5, 0.6) is 0 Å². The van der Waals surface area contributed by atoms with Gasteiger partial charge in [0.1, 0.15) is 5.82 Å². The first kappa shape index (κ1) is 14.0. The zero-order valence-electron chi connectivity index (χ0n) is 9.39. The van der Waals surface area contributed by atoms with Crippen molar-refractivity contribution in [1.82, 2.24) is 5.23 Å². The van der Waals surface area contributed by atoms with E-state index in [0.29, 0.717) is 6.19 Å². The summed E-state index contributed by atoms with van der Waals surface area (Å²) in [6.45, 7) is -0.772. The molecule has 1 aromatic carbocycles. The second-order valence-corrected chi connectivity index (χ2v) is 3.25. The van der Waals surface area contributed by atoms with Crippen LogP contribution in [0.25, 0.3) is 0 Å². The molecule has 1 aromatic rings. The van der Waals surface area contributed by atoms with Crippen LogP contribution in [0.3, 0.4) is 0 Å². The van der Waals surface area contributed by atoms with E-state index in [-0.39, 0.29) is 12.1 Å². The lowest BCUT2D eigenvalue weighted by Gasteiger charge is -2.04. The van der Waals surface area contributed by atoms with Crippen LogP contribution in [-0.4, -0.2) is 38.5 Å². The molecular weight excluding hydrogens is 240 g/mol. The lowest BCUT2D eigenvalue weighted by atomic mass is 9.99. The third kappa shape index (κ3) is 4.46. The standard InChI is InChI=1S/C11H10BFNO4/c13-9-4-2-1-3-8(9)10(16)6-18-11(17)5-14-12-7-15/h1-4,7,14H,5-6H2. The first-order valence-corrected chi connectivity index (χ1v) is 5.09. The number of rotatable bonds is 7. The van der Waals surface area contributed by atoms with Gasteiger partial charge in [-0.05, 0) is 12.1 Å². The quantitative estimate of drug-likeness (QED) is 0.241. The summed E-state index contributed by atoms with van der Waals surface area (Å²) in [5.41, 5.74) is -0.127. The van der Waals surface area contributed by atoms with Crippen LogP contribution in [0.15, 0.2) is 24.3 Å². The lowest BCUT2D eigenvalue weighted by Crippen LogP contribution is -2.30. The highest BCUT2D eigenvalue weighted by Crippen LogP contribution is 2.07. The molecule has 0 spiro atoms. The molecule has 0 amide bonds. The second kappa shape index (κ2) is 7.34. The van der Waals surface area contributed by atoms with Crippen LogP contribution < -0.4 is 5.23 Å². The van der Waals surface area contributed by atoms with Crippen LogP contribution in [0.1, 0.15) is 10.4 Å². The molecule has 0 saturated carbocycles. The first-order chi connectivity index (χ1) is 8.65. The molecular formula is C11H10BFNO4. The molecule has 7 heteroatoms. The Bertz CT molecular complexity index is 452. The largest absolute Gasteiger partial charge is 0.456 e. The molecule has 5 nitrogen and oxygen atoms in total. The molecule has 18 heavy (non-hydrogen) atoms. The van der Waals surface area contributed by atoms with E-state index in [1.165, 1.54) is 18.2 Å². The van der Waals surface area contributed by atoms with E-state index in [2.05, 4.69) is 9.96 Å². The number of benzene rings is 1. The van der Waals surface area contributed by atoms with Gasteiger partial charge in [-0.1, -0.05) is 12.1 Å². The van der Waals surface area contributed by atoms with Gasteiger partial charge in [-0.15, -0.1) is 0 Å². The Hall–Kier alpha value is -2.02. The van der Waals surface area contributed by atoms with Gasteiger partial charge in [0, 0.05) is 0 Å². The fourth-order valence-corrected chi connectivity index (χ4v) is 1.15. The molecule has 0 saturated heterocycles. The molecule has 1 rings (SSSR count). The monoisotopic (exact) mass is 250 g/mol. The highest BCUT2D eigenvalue weighted by molar-refractivity contribution is 6.64. The molecule has 0 fully saturated rings. The highest BCUT2D eigenvalue weighted by atomic mass is 19.1. The molecule has 0 atom stereocenters. The average Bonchev–Trinajstić information content (AvgIpc) is 2.37. The third-order valence-electron chi connectivity index (χ3n) is 1.97. The Balaban J connectivity index is 2.40. The number of nitrogens with one attached hydrogen (secondary N) is 1. The van der Waals surface area contributed by atoms with Gasteiger partial charge >= 0.3 is 5.97 Å². The van der Waals surface area contributed by atoms with Crippen molar-refractivity contribution in [3.05, 3.63) is 35.6 Å². The van der Waals surface area contributed by atoms with Gasteiger partial charge in [-0.25, -0.2) is 4.39 Å². The topological polar surface area (TPSA) is 72.5 Å². The molecule has 0 aromatic heterocycles. The molecule has 93 valence electrons. The summed E-state index contributed by atoms with van der Waals surface area (Å²) >= 11 is 0. The number of hydrogen-bond acceptors (Lipinski definition) is 5. The van der Waals surface area contributed by atoms with E-state index in [1.54, 1.807) is 0 Å². The summed E-state index contributed by atoms with van der Waals surface area (Å²) in [6, 6.07) is 5.43. The number of hydrogen-bond donors (Lipinski definition) is 1. The number of carbonyl (C=O) groups is 3. The molecule has 1 radical (unpaired) electrons. The van der Waals surface area contributed by atoms with E-state index in [0.717, 1.165) is 13.5 Å². The van der Waals surface area contributed by atoms with Crippen molar-refractivity contribution in [2.75, 3.05) is 13.2 Å². The average molecular weight is 250 g/mol. The van der Waals surface area contributed by atoms with E-state index in [4.69, 9.17) is 0 Å². The van der Waals surface area contributed by atoms with Crippen molar-refractivity contribution in [2.24, 2.45) is 0 Å². The highest BCUT2D eigenvalue weighted by Gasteiger charge is 2.13. The van der Waals surface area contributed by atoms with Crippen molar-refractivity contribution in [1.29, 1.82) is 0 Å². The van der Waals surface area contributed by atoms with E-state index < -0.39 is 24.2 Å². The minimum absolute atomic E-state index is 0.127. The van der Waals surface area contributed by atoms with Crippen molar-refractivity contribution in [3.8, 4) is 0 Å². The Morgan fingerprint density at radius 3 is 2.78 bits per heavy atom. The first-order valence-electron chi connectivity index (χ1n) is 5.09. The maximum Gasteiger partial charge on any atom is 0.319 e. The maximum atomic E-state index is 13.2. The van der Waals surface area contributed by atoms with Crippen molar-refractivity contribution >= 4 is 25.4 Å². The van der Waals surface area contributed by atoms with Crippen LogP contribution in [0.2, 0.25) is 0 Å². The van der Waals surface area contributed by atoms with Crippen LogP contribution in [0.4, 0.5) is 4.39 Å². The van der Waals surface area contributed by atoms with Gasteiger partial charge in [0.05, 0.1) is 18.3 Å². The summed E-state index contributed by atoms with van der Waals surface area (Å²) in [6.07, 6.45) is 0.470. The Kier molecular flexibility index (Phi) is 5.73. The Labute approximate surface area is 104 Å². The number of Topliss-reactive ketones (excluding diaryl/α,β-unsaturated/α-hetero) is 1. The second-order valence-electron chi connectivity index (χ2n) is 3.25. The number of ketones is 1. The summed E-state index contributed by atoms with van der Waals surface area (Å²) in [5, 5.41) is 2.36. The number of esters is 1. The summed E-state index contributed by atoms with van der Waals surface area (Å²) in [4.78, 5) is 32.5. The Morgan fingerprint density at radius 1 is 1.39 bits per heavy atom. The molecule has 0 aliphatic carbocycles. The van der Waals surface area contributed by atoms with Crippen LogP contribution in [0, 0.1) is 5.82 Å². The smallest absolute Gasteiger partial charge is 0.319 e. The number of halogens is 1. The fraction of sp³-hybridized carbons (Fsp3) is 0.182. The zero-order chi connectivity index (χ0) is 13.4. The molecule has 0 bridgehead atoms. The molecule has 0 unspecified atom stereocenters. The minimum atomic E-state index is -0.710. The van der Waals surface area contributed by atoms with Crippen molar-refractivity contribution in [2.45, 2.75) is 0 Å².